The highest BCUT2D eigenvalue weighted by Crippen LogP contribution is 2.31. The van der Waals surface area contributed by atoms with Crippen LogP contribution in [0.2, 0.25) is 0 Å². The van der Waals surface area contributed by atoms with Gasteiger partial charge in [-0.15, -0.1) is 0 Å². The number of hydrogen-bond donors (Lipinski definition) is 2. The third-order valence-electron chi connectivity index (χ3n) is 2.73. The Morgan fingerprint density at radius 1 is 1.48 bits per heavy atom. The van der Waals surface area contributed by atoms with Gasteiger partial charge in [0.25, 0.3) is 0 Å². The van der Waals surface area contributed by atoms with E-state index in [-0.39, 0.29) is 23.7 Å². The van der Waals surface area contributed by atoms with Gasteiger partial charge in [-0.05, 0) is 18.6 Å². The minimum atomic E-state index is -3.70. The van der Waals surface area contributed by atoms with E-state index >= 15 is 0 Å². The van der Waals surface area contributed by atoms with Crippen molar-refractivity contribution in [2.24, 2.45) is 0 Å². The van der Waals surface area contributed by atoms with Gasteiger partial charge in [0, 0.05) is 19.9 Å². The van der Waals surface area contributed by atoms with Crippen molar-refractivity contribution in [1.82, 2.24) is 0 Å². The van der Waals surface area contributed by atoms with Crippen LogP contribution in [-0.2, 0) is 14.6 Å². The monoisotopic (exact) mass is 318 g/mol. The van der Waals surface area contributed by atoms with E-state index in [9.17, 15) is 23.6 Å². The summed E-state index contributed by atoms with van der Waals surface area (Å²) >= 11 is 0. The van der Waals surface area contributed by atoms with Crippen LogP contribution >= 0.6 is 0 Å². The van der Waals surface area contributed by atoms with Gasteiger partial charge in [0.1, 0.15) is 10.6 Å². The second-order valence-electron chi connectivity index (χ2n) is 4.51. The summed E-state index contributed by atoms with van der Waals surface area (Å²) in [6.07, 6.45) is 0.537. The highest BCUT2D eigenvalue weighted by Gasteiger charge is 2.25. The first-order valence-corrected chi connectivity index (χ1v) is 8.05. The van der Waals surface area contributed by atoms with Crippen LogP contribution in [-0.4, -0.2) is 51.1 Å². The van der Waals surface area contributed by atoms with Crippen molar-refractivity contribution in [3.8, 4) is 0 Å². The molecule has 0 saturated heterocycles. The molecule has 1 atom stereocenters. The molecule has 0 fully saturated rings. The molecule has 0 amide bonds. The minimum absolute atomic E-state index is 0.104. The van der Waals surface area contributed by atoms with E-state index in [4.69, 9.17) is 4.74 Å². The van der Waals surface area contributed by atoms with E-state index in [0.717, 1.165) is 6.26 Å². The van der Waals surface area contributed by atoms with E-state index in [1.165, 1.54) is 25.3 Å². The van der Waals surface area contributed by atoms with Gasteiger partial charge in [-0.2, -0.15) is 0 Å². The van der Waals surface area contributed by atoms with Crippen molar-refractivity contribution in [3.05, 3.63) is 28.3 Å². The first-order valence-electron chi connectivity index (χ1n) is 6.15. The number of para-hydroxylation sites is 1. The number of aliphatic hydroxyl groups excluding tert-OH is 1. The number of anilines is 1. The Morgan fingerprint density at radius 3 is 2.67 bits per heavy atom. The van der Waals surface area contributed by atoms with Gasteiger partial charge >= 0.3 is 5.69 Å². The van der Waals surface area contributed by atoms with Crippen molar-refractivity contribution in [2.45, 2.75) is 17.4 Å². The Balaban J connectivity index is 2.95. The van der Waals surface area contributed by atoms with Gasteiger partial charge in [0.15, 0.2) is 9.84 Å². The van der Waals surface area contributed by atoms with Crippen LogP contribution in [0.1, 0.15) is 6.42 Å². The SMILES string of the molecule is COCC(O)CCNc1cccc(S(C)(=O)=O)c1[N+](=O)[O-]. The number of nitro benzene ring substituents is 1. The number of nitrogens with one attached hydrogen (secondary N) is 1. The van der Waals surface area contributed by atoms with Crippen LogP contribution in [0.3, 0.4) is 0 Å². The summed E-state index contributed by atoms with van der Waals surface area (Å²) < 4.78 is 27.9. The summed E-state index contributed by atoms with van der Waals surface area (Å²) in [6.45, 7) is 0.408. The van der Waals surface area contributed by atoms with Crippen LogP contribution < -0.4 is 5.32 Å². The first kappa shape index (κ1) is 17.3. The normalized spacial score (nSPS) is 12.9. The molecule has 9 heteroatoms. The molecule has 2 N–H and O–H groups in total. The number of benzene rings is 1. The molecular formula is C12H18N2O6S. The molecule has 1 aromatic carbocycles. The second kappa shape index (κ2) is 7.34. The summed E-state index contributed by atoms with van der Waals surface area (Å²) in [7, 11) is -2.25. The number of methoxy groups -OCH3 is 1. The lowest BCUT2D eigenvalue weighted by atomic mass is 10.2. The molecule has 0 bridgehead atoms. The maximum absolute atomic E-state index is 11.6. The third-order valence-corrected chi connectivity index (χ3v) is 3.86. The molecule has 118 valence electrons. The van der Waals surface area contributed by atoms with Crippen LogP contribution in [0.4, 0.5) is 11.4 Å². The molecule has 0 spiro atoms. The van der Waals surface area contributed by atoms with E-state index in [2.05, 4.69) is 5.32 Å². The fourth-order valence-corrected chi connectivity index (χ4v) is 2.66. The average molecular weight is 318 g/mol. The summed E-state index contributed by atoms with van der Waals surface area (Å²) in [6, 6.07) is 4.05. The Morgan fingerprint density at radius 2 is 2.14 bits per heavy atom. The molecule has 0 heterocycles. The summed E-state index contributed by atoms with van der Waals surface area (Å²) in [5.41, 5.74) is -0.381. The molecule has 0 aliphatic carbocycles. The third kappa shape index (κ3) is 4.96. The summed E-state index contributed by atoms with van der Waals surface area (Å²) in [4.78, 5) is 10.1. The predicted octanol–water partition coefficient (Wildman–Crippen LogP) is 0.808. The molecule has 21 heavy (non-hydrogen) atoms. The lowest BCUT2D eigenvalue weighted by Crippen LogP contribution is -2.18. The topological polar surface area (TPSA) is 119 Å². The van der Waals surface area contributed by atoms with Gasteiger partial charge in [0.2, 0.25) is 0 Å². The van der Waals surface area contributed by atoms with E-state index < -0.39 is 26.6 Å². The number of hydrogen-bond acceptors (Lipinski definition) is 7. The lowest BCUT2D eigenvalue weighted by molar-refractivity contribution is -0.386. The largest absolute Gasteiger partial charge is 0.391 e. The first-order chi connectivity index (χ1) is 9.77. The highest BCUT2D eigenvalue weighted by atomic mass is 32.2. The number of aliphatic hydroxyl groups is 1. The molecule has 1 aromatic rings. The van der Waals surface area contributed by atoms with Gasteiger partial charge in [-0.1, -0.05) is 6.07 Å². The summed E-state index contributed by atoms with van der Waals surface area (Å²) in [5, 5.41) is 23.4. The predicted molar refractivity (Wildman–Crippen MR) is 77.2 cm³/mol. The van der Waals surface area contributed by atoms with Crippen molar-refractivity contribution in [2.75, 3.05) is 31.8 Å². The Labute approximate surface area is 122 Å². The van der Waals surface area contributed by atoms with E-state index in [1.54, 1.807) is 0 Å². The second-order valence-corrected chi connectivity index (χ2v) is 6.49. The average Bonchev–Trinajstić information content (AvgIpc) is 2.37. The zero-order valence-electron chi connectivity index (χ0n) is 11.8. The molecule has 0 saturated carbocycles. The Hall–Kier alpha value is -1.71. The van der Waals surface area contributed by atoms with Gasteiger partial charge in [-0.3, -0.25) is 10.1 Å². The quantitative estimate of drug-likeness (QED) is 0.537. The van der Waals surface area contributed by atoms with Crippen molar-refractivity contribution < 1.29 is 23.2 Å². The number of rotatable bonds is 8. The zero-order chi connectivity index (χ0) is 16.0. The molecule has 1 unspecified atom stereocenters. The van der Waals surface area contributed by atoms with Gasteiger partial charge < -0.3 is 15.2 Å². The molecular weight excluding hydrogens is 300 g/mol. The molecule has 1 rings (SSSR count). The van der Waals surface area contributed by atoms with Crippen LogP contribution in [0.15, 0.2) is 23.1 Å². The number of sulfone groups is 1. The van der Waals surface area contributed by atoms with Crippen molar-refractivity contribution in [1.29, 1.82) is 0 Å². The molecule has 8 nitrogen and oxygen atoms in total. The smallest absolute Gasteiger partial charge is 0.310 e. The molecule has 0 aliphatic heterocycles. The van der Waals surface area contributed by atoms with Crippen LogP contribution in [0, 0.1) is 10.1 Å². The fourth-order valence-electron chi connectivity index (χ4n) is 1.80. The Kier molecular flexibility index (Phi) is 6.06. The maximum atomic E-state index is 11.6. The minimum Gasteiger partial charge on any atom is -0.391 e. The maximum Gasteiger partial charge on any atom is 0.310 e. The molecule has 0 aliphatic rings. The molecule has 0 radical (unpaired) electrons. The van der Waals surface area contributed by atoms with Crippen molar-refractivity contribution in [3.63, 3.8) is 0 Å². The van der Waals surface area contributed by atoms with E-state index in [0.29, 0.717) is 6.42 Å². The number of nitro groups is 1. The lowest BCUT2D eigenvalue weighted by Gasteiger charge is -2.12. The number of nitrogens with zero attached hydrogens (tertiary/aromatic N) is 1. The molecule has 0 aromatic heterocycles. The van der Waals surface area contributed by atoms with Crippen molar-refractivity contribution >= 4 is 21.2 Å². The standard InChI is InChI=1S/C12H18N2O6S/c1-20-8-9(15)6-7-13-10-4-3-5-11(21(2,18)19)12(10)14(16)17/h3-5,9,13,15H,6-8H2,1-2H3. The van der Waals surface area contributed by atoms with Crippen LogP contribution in [0.25, 0.3) is 0 Å². The van der Waals surface area contributed by atoms with Gasteiger partial charge in [-0.25, -0.2) is 8.42 Å². The number of ether oxygens (including phenoxy) is 1. The van der Waals surface area contributed by atoms with E-state index in [1.807, 2.05) is 0 Å². The fraction of sp³-hybridized carbons (Fsp3) is 0.500. The zero-order valence-corrected chi connectivity index (χ0v) is 12.6. The van der Waals surface area contributed by atoms with Gasteiger partial charge in [0.05, 0.1) is 17.6 Å². The highest BCUT2D eigenvalue weighted by molar-refractivity contribution is 7.90. The van der Waals surface area contributed by atoms with Crippen LogP contribution in [0.5, 0.6) is 0 Å². The summed E-state index contributed by atoms with van der Waals surface area (Å²) in [5.74, 6) is 0. The Bertz CT molecular complexity index is 602.